The van der Waals surface area contributed by atoms with Crippen LogP contribution < -0.4 is 10.6 Å². The van der Waals surface area contributed by atoms with Crippen LogP contribution in [-0.2, 0) is 0 Å². The molecule has 10 rings (SSSR count). The van der Waals surface area contributed by atoms with Crippen molar-refractivity contribution in [2.45, 2.75) is 12.8 Å². The number of benzene rings is 6. The third kappa shape index (κ3) is 3.58. The summed E-state index contributed by atoms with van der Waals surface area (Å²) in [4.78, 5) is 0. The first kappa shape index (κ1) is 24.6. The summed E-state index contributed by atoms with van der Waals surface area (Å²) < 4.78 is 15.2. The van der Waals surface area contributed by atoms with Gasteiger partial charge in [-0.25, -0.2) is 0 Å². The van der Waals surface area contributed by atoms with Gasteiger partial charge in [-0.3, -0.25) is 0 Å². The van der Waals surface area contributed by atoms with Crippen molar-refractivity contribution < 1.29 is 8.83 Å². The van der Waals surface area contributed by atoms with Crippen LogP contribution in [0.5, 0.6) is 0 Å². The molecule has 0 aliphatic heterocycles. The molecule has 3 nitrogen and oxygen atoms in total. The molecule has 0 bridgehead atoms. The maximum absolute atomic E-state index is 6.47. The largest absolute Gasteiger partial charge is 0.456 e. The van der Waals surface area contributed by atoms with E-state index < -0.39 is 0 Å². The molecule has 0 saturated heterocycles. The summed E-state index contributed by atoms with van der Waals surface area (Å²) in [5.74, 6) is 0. The second-order valence-corrected chi connectivity index (χ2v) is 12.0. The molecular weight excluding hydrogens is 550 g/mol. The summed E-state index contributed by atoms with van der Waals surface area (Å²) in [7, 11) is 0. The number of hydrogen-bond acceptors (Lipinski definition) is 2. The van der Waals surface area contributed by atoms with Gasteiger partial charge in [0, 0.05) is 38.0 Å². The molecule has 3 heterocycles. The molecule has 0 unspecified atom stereocenters. The van der Waals surface area contributed by atoms with Gasteiger partial charge in [-0.1, -0.05) is 97.1 Å². The van der Waals surface area contributed by atoms with E-state index in [9.17, 15) is 0 Å². The van der Waals surface area contributed by atoms with Crippen molar-refractivity contribution in [3.05, 3.63) is 150 Å². The van der Waals surface area contributed by atoms with Crippen molar-refractivity contribution in [2.24, 2.45) is 0 Å². The van der Waals surface area contributed by atoms with Gasteiger partial charge < -0.3 is 13.4 Å². The first-order valence-electron chi connectivity index (χ1n) is 15.6. The van der Waals surface area contributed by atoms with Gasteiger partial charge in [0.1, 0.15) is 22.2 Å². The Labute approximate surface area is 258 Å². The number of nitrogens with zero attached hydrogens (tertiary/aromatic N) is 1. The van der Waals surface area contributed by atoms with Crippen LogP contribution in [-0.4, -0.2) is 4.57 Å². The summed E-state index contributed by atoms with van der Waals surface area (Å²) in [6, 6.07) is 47.5. The monoisotopic (exact) mass is 577 g/mol. The Kier molecular flexibility index (Phi) is 5.11. The van der Waals surface area contributed by atoms with Crippen LogP contribution in [0.2, 0.25) is 0 Å². The predicted molar refractivity (Wildman–Crippen MR) is 185 cm³/mol. The summed E-state index contributed by atoms with van der Waals surface area (Å²) in [6.45, 7) is 0. The Balaban J connectivity index is 1.06. The molecule has 0 fully saturated rings. The lowest BCUT2D eigenvalue weighted by atomic mass is 9.94. The average molecular weight is 578 g/mol. The fourth-order valence-corrected chi connectivity index (χ4v) is 7.42. The van der Waals surface area contributed by atoms with Crippen molar-refractivity contribution in [2.75, 3.05) is 0 Å². The van der Waals surface area contributed by atoms with E-state index in [4.69, 9.17) is 8.83 Å². The molecule has 0 radical (unpaired) electrons. The van der Waals surface area contributed by atoms with E-state index >= 15 is 0 Å². The maximum atomic E-state index is 6.47. The van der Waals surface area contributed by atoms with E-state index in [1.54, 1.807) is 0 Å². The van der Waals surface area contributed by atoms with E-state index in [0.29, 0.717) is 0 Å². The lowest BCUT2D eigenvalue weighted by molar-refractivity contribution is 0.568. The Bertz CT molecular complexity index is 2740. The molecule has 6 aromatic carbocycles. The SMILES string of the molecule is C1=c2c(oc3ccccc23)=C(c2ccc(-c3ccc(-n4c5ccccc5c5c6oc7ccccc7c6ccc54)cc3)cc2)CC1. The van der Waals surface area contributed by atoms with Crippen molar-refractivity contribution >= 4 is 66.4 Å². The molecule has 212 valence electrons. The van der Waals surface area contributed by atoms with E-state index in [2.05, 4.69) is 126 Å². The van der Waals surface area contributed by atoms with Gasteiger partial charge in [0.25, 0.3) is 0 Å². The van der Waals surface area contributed by atoms with Gasteiger partial charge in [-0.2, -0.15) is 0 Å². The zero-order chi connectivity index (χ0) is 29.5. The number of furan rings is 2. The van der Waals surface area contributed by atoms with Crippen molar-refractivity contribution in [3.63, 3.8) is 0 Å². The number of rotatable bonds is 3. The van der Waals surface area contributed by atoms with Gasteiger partial charge in [-0.05, 0) is 72.0 Å². The van der Waals surface area contributed by atoms with Crippen LogP contribution in [0.1, 0.15) is 18.4 Å². The summed E-state index contributed by atoms with van der Waals surface area (Å²) in [6.07, 6.45) is 4.33. The molecule has 0 saturated carbocycles. The fraction of sp³-hybridized carbons (Fsp3) is 0.0476. The van der Waals surface area contributed by atoms with Gasteiger partial charge >= 0.3 is 0 Å². The lowest BCUT2D eigenvalue weighted by Gasteiger charge is -2.11. The second kappa shape index (κ2) is 9.35. The van der Waals surface area contributed by atoms with Crippen LogP contribution in [0, 0.1) is 0 Å². The van der Waals surface area contributed by atoms with Gasteiger partial charge in [0.05, 0.1) is 16.4 Å². The standard InChI is InChI=1S/C42H27NO2/c1-4-13-36-35(10-1)40-37(25-24-34-32-9-3-6-15-39(32)45-42(34)40)43(36)29-22-20-27(21-23-29)26-16-18-28(19-17-26)30-11-7-12-33-31-8-2-5-14-38(31)44-41(30)33/h1-6,8-10,12-25H,7,11H2. The highest BCUT2D eigenvalue weighted by atomic mass is 16.3. The summed E-state index contributed by atoms with van der Waals surface area (Å²) in [5.41, 5.74) is 12.2. The highest BCUT2D eigenvalue weighted by Gasteiger charge is 2.18. The zero-order valence-corrected chi connectivity index (χ0v) is 24.5. The van der Waals surface area contributed by atoms with Crippen molar-refractivity contribution in [3.8, 4) is 16.8 Å². The highest BCUT2D eigenvalue weighted by molar-refractivity contribution is 6.23. The third-order valence-corrected chi connectivity index (χ3v) is 9.52. The molecule has 3 aromatic heterocycles. The number of hydrogen-bond donors (Lipinski definition) is 0. The van der Waals surface area contributed by atoms with Crippen LogP contribution in [0.4, 0.5) is 0 Å². The summed E-state index contributed by atoms with van der Waals surface area (Å²) >= 11 is 0. The molecule has 0 atom stereocenters. The predicted octanol–water partition coefficient (Wildman–Crippen LogP) is 9.87. The Hall–Kier alpha value is -5.80. The smallest absolute Gasteiger partial charge is 0.145 e. The topological polar surface area (TPSA) is 31.2 Å². The molecule has 0 amide bonds. The van der Waals surface area contributed by atoms with Crippen LogP contribution in [0.15, 0.2) is 142 Å². The molecular formula is C42H27NO2. The first-order valence-corrected chi connectivity index (χ1v) is 15.6. The van der Waals surface area contributed by atoms with Crippen LogP contribution >= 0.6 is 0 Å². The second-order valence-electron chi connectivity index (χ2n) is 12.0. The molecule has 1 aliphatic rings. The quantitative estimate of drug-likeness (QED) is 0.209. The van der Waals surface area contributed by atoms with E-state index in [0.717, 1.165) is 62.4 Å². The molecule has 1 aliphatic carbocycles. The van der Waals surface area contributed by atoms with E-state index in [1.165, 1.54) is 43.8 Å². The highest BCUT2D eigenvalue weighted by Crippen LogP contribution is 2.40. The molecule has 0 N–H and O–H groups in total. The van der Waals surface area contributed by atoms with Crippen molar-refractivity contribution in [1.29, 1.82) is 0 Å². The molecule has 9 aromatic rings. The average Bonchev–Trinajstić information content (AvgIpc) is 3.78. The fourth-order valence-electron chi connectivity index (χ4n) is 7.42. The van der Waals surface area contributed by atoms with Crippen molar-refractivity contribution in [1.82, 2.24) is 4.57 Å². The lowest BCUT2D eigenvalue weighted by Crippen LogP contribution is -2.26. The zero-order valence-electron chi connectivity index (χ0n) is 24.5. The van der Waals surface area contributed by atoms with Crippen LogP contribution in [0.3, 0.4) is 0 Å². The maximum Gasteiger partial charge on any atom is 0.145 e. The van der Waals surface area contributed by atoms with Gasteiger partial charge in [0.15, 0.2) is 0 Å². The Morgan fingerprint density at radius 3 is 1.93 bits per heavy atom. The number of fused-ring (bicyclic) bond motifs is 10. The molecule has 3 heteroatoms. The number of aromatic nitrogens is 1. The minimum Gasteiger partial charge on any atom is -0.456 e. The number of para-hydroxylation sites is 3. The molecule has 0 spiro atoms. The minimum absolute atomic E-state index is 0.922. The summed E-state index contributed by atoms with van der Waals surface area (Å²) in [5, 5.41) is 7.09. The minimum atomic E-state index is 0.922. The van der Waals surface area contributed by atoms with Crippen LogP contribution in [0.25, 0.3) is 83.2 Å². The third-order valence-electron chi connectivity index (χ3n) is 9.52. The normalized spacial score (nSPS) is 13.3. The van der Waals surface area contributed by atoms with Gasteiger partial charge in [-0.15, -0.1) is 0 Å². The van der Waals surface area contributed by atoms with Gasteiger partial charge in [0.2, 0.25) is 0 Å². The Morgan fingerprint density at radius 2 is 1.13 bits per heavy atom. The van der Waals surface area contributed by atoms with E-state index in [-0.39, 0.29) is 0 Å². The van der Waals surface area contributed by atoms with E-state index in [1.807, 2.05) is 18.2 Å². The molecule has 45 heavy (non-hydrogen) atoms. The first-order chi connectivity index (χ1) is 22.3. The Morgan fingerprint density at radius 1 is 0.489 bits per heavy atom.